The standard InChI is InChI=1S/C18H21N3O2S/c1-12-7-8-13(2)16(9-12)24-11-17(22)20-14-5-4-6-15(10-14)21-18(23)19-3/h4-10H,11H2,1-3H3,(H,20,22)(H2,19,21,23). The fourth-order valence-corrected chi connectivity index (χ4v) is 3.00. The first-order valence-electron chi connectivity index (χ1n) is 7.56. The molecule has 3 amide bonds. The van der Waals surface area contributed by atoms with Gasteiger partial charge in [-0.25, -0.2) is 4.79 Å². The van der Waals surface area contributed by atoms with Crippen molar-refractivity contribution in [1.82, 2.24) is 5.32 Å². The Bertz CT molecular complexity index is 747. The highest BCUT2D eigenvalue weighted by Crippen LogP contribution is 2.24. The van der Waals surface area contributed by atoms with Crippen LogP contribution in [0.2, 0.25) is 0 Å². The third-order valence-electron chi connectivity index (χ3n) is 3.33. The van der Waals surface area contributed by atoms with Crippen molar-refractivity contribution in [3.8, 4) is 0 Å². The summed E-state index contributed by atoms with van der Waals surface area (Å²) in [5.74, 6) is 0.246. The van der Waals surface area contributed by atoms with Crippen molar-refractivity contribution < 1.29 is 9.59 Å². The maximum Gasteiger partial charge on any atom is 0.318 e. The molecule has 24 heavy (non-hydrogen) atoms. The summed E-state index contributed by atoms with van der Waals surface area (Å²) >= 11 is 1.52. The van der Waals surface area contributed by atoms with Crippen LogP contribution in [0.5, 0.6) is 0 Å². The van der Waals surface area contributed by atoms with E-state index in [0.717, 1.165) is 10.5 Å². The SMILES string of the molecule is CNC(=O)Nc1cccc(NC(=O)CSc2cc(C)ccc2C)c1. The summed E-state index contributed by atoms with van der Waals surface area (Å²) in [6.07, 6.45) is 0. The molecule has 2 aromatic rings. The molecule has 2 rings (SSSR count). The molecule has 0 spiro atoms. The molecule has 6 heteroatoms. The average molecular weight is 343 g/mol. The molecule has 126 valence electrons. The fourth-order valence-electron chi connectivity index (χ4n) is 2.07. The predicted molar refractivity (Wildman–Crippen MR) is 99.8 cm³/mol. The summed E-state index contributed by atoms with van der Waals surface area (Å²) in [7, 11) is 1.55. The molecule has 3 N–H and O–H groups in total. The summed E-state index contributed by atoms with van der Waals surface area (Å²) in [6, 6.07) is 12.9. The van der Waals surface area contributed by atoms with Crippen molar-refractivity contribution in [3.05, 3.63) is 53.6 Å². The highest BCUT2D eigenvalue weighted by atomic mass is 32.2. The quantitative estimate of drug-likeness (QED) is 0.724. The van der Waals surface area contributed by atoms with Crippen LogP contribution in [0.1, 0.15) is 11.1 Å². The number of nitrogens with one attached hydrogen (secondary N) is 3. The molecule has 0 fully saturated rings. The molecule has 2 aromatic carbocycles. The number of carbonyl (C=O) groups excluding carboxylic acids is 2. The molecule has 0 unspecified atom stereocenters. The molecule has 0 bridgehead atoms. The number of hydrogen-bond acceptors (Lipinski definition) is 3. The van der Waals surface area contributed by atoms with E-state index >= 15 is 0 Å². The summed E-state index contributed by atoms with van der Waals surface area (Å²) in [6.45, 7) is 4.07. The van der Waals surface area contributed by atoms with Gasteiger partial charge in [0.25, 0.3) is 0 Å². The van der Waals surface area contributed by atoms with Gasteiger partial charge < -0.3 is 16.0 Å². The molecule has 0 aliphatic heterocycles. The number of aryl methyl sites for hydroxylation is 2. The van der Waals surface area contributed by atoms with Gasteiger partial charge in [-0.3, -0.25) is 4.79 Å². The molecule has 0 heterocycles. The molecular formula is C18H21N3O2S. The van der Waals surface area contributed by atoms with Gasteiger partial charge in [0.2, 0.25) is 5.91 Å². The minimum atomic E-state index is -0.302. The number of thioether (sulfide) groups is 1. The van der Waals surface area contributed by atoms with Crippen molar-refractivity contribution >= 4 is 35.1 Å². The zero-order valence-electron chi connectivity index (χ0n) is 14.0. The van der Waals surface area contributed by atoms with Crippen LogP contribution in [-0.2, 0) is 4.79 Å². The summed E-state index contributed by atoms with van der Waals surface area (Å²) in [5, 5.41) is 8.00. The lowest BCUT2D eigenvalue weighted by Gasteiger charge is -2.09. The minimum absolute atomic E-state index is 0.0852. The Hall–Kier alpha value is -2.47. The molecular weight excluding hydrogens is 322 g/mol. The van der Waals surface area contributed by atoms with Crippen LogP contribution in [0.25, 0.3) is 0 Å². The summed E-state index contributed by atoms with van der Waals surface area (Å²) in [5.41, 5.74) is 3.61. The average Bonchev–Trinajstić information content (AvgIpc) is 2.56. The van der Waals surface area contributed by atoms with E-state index in [9.17, 15) is 9.59 Å². The normalized spacial score (nSPS) is 10.1. The van der Waals surface area contributed by atoms with Crippen LogP contribution in [0.15, 0.2) is 47.4 Å². The smallest absolute Gasteiger partial charge is 0.318 e. The molecule has 0 aliphatic carbocycles. The Labute approximate surface area is 146 Å². The number of urea groups is 1. The molecule has 0 aromatic heterocycles. The Morgan fingerprint density at radius 3 is 2.42 bits per heavy atom. The predicted octanol–water partition coefficient (Wildman–Crippen LogP) is 3.79. The van der Waals surface area contributed by atoms with E-state index in [1.54, 1.807) is 31.3 Å². The van der Waals surface area contributed by atoms with Gasteiger partial charge in [-0.05, 0) is 43.7 Å². The number of hydrogen-bond donors (Lipinski definition) is 3. The second-order valence-electron chi connectivity index (χ2n) is 5.39. The van der Waals surface area contributed by atoms with Gasteiger partial charge in [-0.2, -0.15) is 0 Å². The van der Waals surface area contributed by atoms with Gasteiger partial charge in [0.15, 0.2) is 0 Å². The van der Waals surface area contributed by atoms with Crippen LogP contribution >= 0.6 is 11.8 Å². The van der Waals surface area contributed by atoms with Gasteiger partial charge in [0.05, 0.1) is 5.75 Å². The highest BCUT2D eigenvalue weighted by molar-refractivity contribution is 8.00. The van der Waals surface area contributed by atoms with E-state index in [-0.39, 0.29) is 11.9 Å². The third kappa shape index (κ3) is 5.31. The van der Waals surface area contributed by atoms with Gasteiger partial charge in [-0.1, -0.05) is 23.8 Å². The summed E-state index contributed by atoms with van der Waals surface area (Å²) in [4.78, 5) is 24.6. The Morgan fingerprint density at radius 1 is 1.00 bits per heavy atom. The molecule has 5 nitrogen and oxygen atoms in total. The van der Waals surface area contributed by atoms with Gasteiger partial charge in [0, 0.05) is 23.3 Å². The zero-order chi connectivity index (χ0) is 17.5. The molecule has 0 radical (unpaired) electrons. The minimum Gasteiger partial charge on any atom is -0.341 e. The van der Waals surface area contributed by atoms with E-state index in [1.807, 2.05) is 13.8 Å². The number of anilines is 2. The molecule has 0 aliphatic rings. The first kappa shape index (κ1) is 17.9. The first-order valence-corrected chi connectivity index (χ1v) is 8.55. The third-order valence-corrected chi connectivity index (χ3v) is 4.49. The number of amides is 3. The molecule has 0 saturated carbocycles. The van der Waals surface area contributed by atoms with Crippen molar-refractivity contribution in [2.75, 3.05) is 23.4 Å². The highest BCUT2D eigenvalue weighted by Gasteiger charge is 2.07. The lowest BCUT2D eigenvalue weighted by Crippen LogP contribution is -2.24. The van der Waals surface area contributed by atoms with E-state index in [1.165, 1.54) is 17.3 Å². The van der Waals surface area contributed by atoms with Crippen LogP contribution in [0.4, 0.5) is 16.2 Å². The maximum absolute atomic E-state index is 12.1. The van der Waals surface area contributed by atoms with Crippen molar-refractivity contribution in [3.63, 3.8) is 0 Å². The second kappa shape index (κ2) is 8.40. The van der Waals surface area contributed by atoms with Crippen LogP contribution in [0, 0.1) is 13.8 Å². The van der Waals surface area contributed by atoms with E-state index in [2.05, 4.69) is 34.1 Å². The van der Waals surface area contributed by atoms with Gasteiger partial charge in [0.1, 0.15) is 0 Å². The fraction of sp³-hybridized carbons (Fsp3) is 0.222. The van der Waals surface area contributed by atoms with Crippen LogP contribution in [0.3, 0.4) is 0 Å². The van der Waals surface area contributed by atoms with Crippen LogP contribution in [-0.4, -0.2) is 24.7 Å². The second-order valence-corrected chi connectivity index (χ2v) is 6.41. The zero-order valence-corrected chi connectivity index (χ0v) is 14.8. The maximum atomic E-state index is 12.1. The van der Waals surface area contributed by atoms with Crippen LogP contribution < -0.4 is 16.0 Å². The lowest BCUT2D eigenvalue weighted by molar-refractivity contribution is -0.113. The van der Waals surface area contributed by atoms with Gasteiger partial charge in [-0.15, -0.1) is 11.8 Å². The number of benzene rings is 2. The Balaban J connectivity index is 1.93. The van der Waals surface area contributed by atoms with E-state index in [4.69, 9.17) is 0 Å². The number of carbonyl (C=O) groups is 2. The number of rotatable bonds is 5. The van der Waals surface area contributed by atoms with Crippen molar-refractivity contribution in [2.24, 2.45) is 0 Å². The van der Waals surface area contributed by atoms with Gasteiger partial charge >= 0.3 is 6.03 Å². The monoisotopic (exact) mass is 343 g/mol. The largest absolute Gasteiger partial charge is 0.341 e. The van der Waals surface area contributed by atoms with Crippen molar-refractivity contribution in [2.45, 2.75) is 18.7 Å². The first-order chi connectivity index (χ1) is 11.5. The van der Waals surface area contributed by atoms with E-state index in [0.29, 0.717) is 17.1 Å². The topological polar surface area (TPSA) is 70.2 Å². The van der Waals surface area contributed by atoms with E-state index < -0.39 is 0 Å². The molecule has 0 saturated heterocycles. The Morgan fingerprint density at radius 2 is 1.71 bits per heavy atom. The Kier molecular flexibility index (Phi) is 6.26. The molecule has 0 atom stereocenters. The van der Waals surface area contributed by atoms with Crippen molar-refractivity contribution in [1.29, 1.82) is 0 Å². The lowest BCUT2D eigenvalue weighted by atomic mass is 10.2. The summed E-state index contributed by atoms with van der Waals surface area (Å²) < 4.78 is 0.